The molecule has 110 valence electrons. The summed E-state index contributed by atoms with van der Waals surface area (Å²) in [5, 5.41) is 3.92. The van der Waals surface area contributed by atoms with E-state index in [1.807, 2.05) is 18.2 Å². The number of halogens is 1. The summed E-state index contributed by atoms with van der Waals surface area (Å²) in [6.07, 6.45) is 3.32. The fourth-order valence-electron chi connectivity index (χ4n) is 2.22. The highest BCUT2D eigenvalue weighted by molar-refractivity contribution is 7.20. The Morgan fingerprint density at radius 3 is 2.59 bits per heavy atom. The molecule has 1 amide bonds. The Morgan fingerprint density at radius 2 is 1.86 bits per heavy atom. The van der Waals surface area contributed by atoms with Crippen LogP contribution < -0.4 is 5.32 Å². The minimum atomic E-state index is -0.325. The highest BCUT2D eigenvalue weighted by Gasteiger charge is 2.05. The lowest BCUT2D eigenvalue weighted by atomic mass is 10.1. The van der Waals surface area contributed by atoms with Gasteiger partial charge in [-0.05, 0) is 54.3 Å². The Kier molecular flexibility index (Phi) is 4.02. The van der Waals surface area contributed by atoms with Gasteiger partial charge in [-0.25, -0.2) is 4.39 Å². The Bertz CT molecular complexity index is 849. The van der Waals surface area contributed by atoms with Crippen molar-refractivity contribution in [1.29, 1.82) is 0 Å². The van der Waals surface area contributed by atoms with Crippen LogP contribution in [0.15, 0.2) is 54.6 Å². The van der Waals surface area contributed by atoms with E-state index in [0.717, 1.165) is 4.88 Å². The fourth-order valence-corrected chi connectivity index (χ4v) is 3.33. The monoisotopic (exact) mass is 311 g/mol. The third kappa shape index (κ3) is 3.07. The van der Waals surface area contributed by atoms with Gasteiger partial charge in [0.05, 0.1) is 0 Å². The Labute approximate surface area is 131 Å². The van der Waals surface area contributed by atoms with E-state index in [9.17, 15) is 9.18 Å². The molecular formula is C18H14FNOS. The highest BCUT2D eigenvalue weighted by Crippen LogP contribution is 2.31. The van der Waals surface area contributed by atoms with Crippen LogP contribution in [0.2, 0.25) is 0 Å². The zero-order valence-electron chi connectivity index (χ0n) is 12.0. The summed E-state index contributed by atoms with van der Waals surface area (Å²) < 4.78 is 14.0. The molecule has 0 bridgehead atoms. The third-order valence-corrected chi connectivity index (χ3v) is 4.62. The Morgan fingerprint density at radius 1 is 1.14 bits per heavy atom. The van der Waals surface area contributed by atoms with Gasteiger partial charge < -0.3 is 5.32 Å². The van der Waals surface area contributed by atoms with E-state index >= 15 is 0 Å². The van der Waals surface area contributed by atoms with Crippen molar-refractivity contribution in [2.45, 2.75) is 6.92 Å². The summed E-state index contributed by atoms with van der Waals surface area (Å²) in [6, 6.07) is 13.9. The van der Waals surface area contributed by atoms with Gasteiger partial charge in [0.25, 0.3) is 0 Å². The van der Waals surface area contributed by atoms with Gasteiger partial charge >= 0.3 is 0 Å². The molecule has 0 saturated heterocycles. The molecule has 0 spiro atoms. The van der Waals surface area contributed by atoms with Gasteiger partial charge in [0.1, 0.15) is 5.82 Å². The van der Waals surface area contributed by atoms with Crippen molar-refractivity contribution in [3.8, 4) is 0 Å². The molecule has 0 fully saturated rings. The van der Waals surface area contributed by atoms with Gasteiger partial charge in [0.15, 0.2) is 0 Å². The van der Waals surface area contributed by atoms with E-state index in [2.05, 4.69) is 24.4 Å². The zero-order valence-corrected chi connectivity index (χ0v) is 12.8. The number of aryl methyl sites for hydroxylation is 1. The standard InChI is InChI=1S/C18H14FNOS/c1-12-15-4-2-3-5-17(15)22-16(12)10-11-18(21)20-14-8-6-13(19)7-9-14/h2-11H,1H3,(H,20,21)/b11-10+. The molecule has 2 aromatic carbocycles. The maximum atomic E-state index is 12.8. The lowest BCUT2D eigenvalue weighted by molar-refractivity contribution is -0.111. The molecule has 4 heteroatoms. The van der Waals surface area contributed by atoms with Crippen LogP contribution in [0.4, 0.5) is 10.1 Å². The van der Waals surface area contributed by atoms with Crippen LogP contribution in [-0.2, 0) is 4.79 Å². The summed E-state index contributed by atoms with van der Waals surface area (Å²) in [4.78, 5) is 13.0. The summed E-state index contributed by atoms with van der Waals surface area (Å²) >= 11 is 1.66. The van der Waals surface area contributed by atoms with Crippen LogP contribution in [0.1, 0.15) is 10.4 Å². The minimum Gasteiger partial charge on any atom is -0.323 e. The van der Waals surface area contributed by atoms with Crippen LogP contribution in [0.3, 0.4) is 0 Å². The van der Waals surface area contributed by atoms with Gasteiger partial charge in [0.2, 0.25) is 5.91 Å². The van der Waals surface area contributed by atoms with E-state index < -0.39 is 0 Å². The fraction of sp³-hybridized carbons (Fsp3) is 0.0556. The molecule has 0 aliphatic rings. The number of nitrogens with one attached hydrogen (secondary N) is 1. The van der Waals surface area contributed by atoms with E-state index in [0.29, 0.717) is 5.69 Å². The van der Waals surface area contributed by atoms with Crippen molar-refractivity contribution in [3.63, 3.8) is 0 Å². The molecule has 0 radical (unpaired) electrons. The number of carbonyl (C=O) groups excluding carboxylic acids is 1. The number of fused-ring (bicyclic) bond motifs is 1. The largest absolute Gasteiger partial charge is 0.323 e. The van der Waals surface area contributed by atoms with Gasteiger partial charge in [-0.1, -0.05) is 18.2 Å². The van der Waals surface area contributed by atoms with E-state index in [-0.39, 0.29) is 11.7 Å². The third-order valence-electron chi connectivity index (χ3n) is 3.38. The molecule has 22 heavy (non-hydrogen) atoms. The zero-order chi connectivity index (χ0) is 15.5. The van der Waals surface area contributed by atoms with Gasteiger partial charge in [0, 0.05) is 21.3 Å². The van der Waals surface area contributed by atoms with E-state index in [1.165, 1.54) is 46.0 Å². The molecule has 0 aliphatic carbocycles. The summed E-state index contributed by atoms with van der Waals surface area (Å²) in [7, 11) is 0. The number of benzene rings is 2. The van der Waals surface area contributed by atoms with Crippen molar-refractivity contribution in [2.24, 2.45) is 0 Å². The smallest absolute Gasteiger partial charge is 0.248 e. The number of amides is 1. The topological polar surface area (TPSA) is 29.1 Å². The first kappa shape index (κ1) is 14.5. The van der Waals surface area contributed by atoms with E-state index in [4.69, 9.17) is 0 Å². The molecule has 2 nitrogen and oxygen atoms in total. The average Bonchev–Trinajstić information content (AvgIpc) is 2.84. The molecule has 3 rings (SSSR count). The second-order valence-electron chi connectivity index (χ2n) is 4.92. The summed E-state index contributed by atoms with van der Waals surface area (Å²) in [5.74, 6) is -0.557. The van der Waals surface area contributed by atoms with Crippen LogP contribution in [-0.4, -0.2) is 5.91 Å². The lowest BCUT2D eigenvalue weighted by Crippen LogP contribution is -2.07. The van der Waals surface area contributed by atoms with Crippen LogP contribution in [0, 0.1) is 12.7 Å². The predicted octanol–water partition coefficient (Wildman–Crippen LogP) is 5.00. The molecular weight excluding hydrogens is 297 g/mol. The van der Waals surface area contributed by atoms with Crippen LogP contribution >= 0.6 is 11.3 Å². The van der Waals surface area contributed by atoms with Crippen LogP contribution in [0.5, 0.6) is 0 Å². The molecule has 1 N–H and O–H groups in total. The summed E-state index contributed by atoms with van der Waals surface area (Å²) in [5.41, 5.74) is 1.75. The SMILES string of the molecule is Cc1c(/C=C/C(=O)Nc2ccc(F)cc2)sc2ccccc12. The highest BCUT2D eigenvalue weighted by atomic mass is 32.1. The maximum absolute atomic E-state index is 12.8. The van der Waals surface area contributed by atoms with Crippen molar-refractivity contribution < 1.29 is 9.18 Å². The lowest BCUT2D eigenvalue weighted by Gasteiger charge is -2.01. The van der Waals surface area contributed by atoms with Crippen LogP contribution in [0.25, 0.3) is 16.2 Å². The second kappa shape index (κ2) is 6.12. The molecule has 3 aromatic rings. The average molecular weight is 311 g/mol. The van der Waals surface area contributed by atoms with Crippen molar-refractivity contribution in [1.82, 2.24) is 0 Å². The molecule has 1 aromatic heterocycles. The second-order valence-corrected chi connectivity index (χ2v) is 6.00. The number of anilines is 1. The predicted molar refractivity (Wildman–Crippen MR) is 90.6 cm³/mol. The number of rotatable bonds is 3. The van der Waals surface area contributed by atoms with Crippen molar-refractivity contribution in [2.75, 3.05) is 5.32 Å². The number of carbonyl (C=O) groups is 1. The molecule has 0 unspecified atom stereocenters. The van der Waals surface area contributed by atoms with Crippen molar-refractivity contribution >= 4 is 39.1 Å². The maximum Gasteiger partial charge on any atom is 0.248 e. The number of thiophene rings is 1. The van der Waals surface area contributed by atoms with Gasteiger partial charge in [-0.2, -0.15) is 0 Å². The van der Waals surface area contributed by atoms with Crippen molar-refractivity contribution in [3.05, 3.63) is 70.9 Å². The van der Waals surface area contributed by atoms with E-state index in [1.54, 1.807) is 11.3 Å². The van der Waals surface area contributed by atoms with Gasteiger partial charge in [-0.15, -0.1) is 11.3 Å². The first-order chi connectivity index (χ1) is 10.6. The first-order valence-corrected chi connectivity index (χ1v) is 7.68. The molecule has 0 saturated carbocycles. The first-order valence-electron chi connectivity index (χ1n) is 6.86. The summed E-state index contributed by atoms with van der Waals surface area (Å²) in [6.45, 7) is 2.05. The molecule has 1 heterocycles. The minimum absolute atomic E-state index is 0.233. The Balaban J connectivity index is 1.76. The number of hydrogen-bond donors (Lipinski definition) is 1. The van der Waals surface area contributed by atoms with Gasteiger partial charge in [-0.3, -0.25) is 4.79 Å². The molecule has 0 aliphatic heterocycles. The quantitative estimate of drug-likeness (QED) is 0.678. The molecule has 0 atom stereocenters. The normalized spacial score (nSPS) is 11.2. The Hall–Kier alpha value is -2.46. The number of hydrogen-bond acceptors (Lipinski definition) is 2.